The lowest BCUT2D eigenvalue weighted by molar-refractivity contribution is -0.788. The average Bonchev–Trinajstić information content (AvgIpc) is 2.61. The number of hydrogen-bond acceptors (Lipinski definition) is 5. The summed E-state index contributed by atoms with van der Waals surface area (Å²) in [5.74, 6) is 0. The van der Waals surface area contributed by atoms with Crippen LogP contribution in [0.4, 0.5) is 0 Å². The molecule has 25 heavy (non-hydrogen) atoms. The topological polar surface area (TPSA) is 82.2 Å². The minimum atomic E-state index is 0. The van der Waals surface area contributed by atoms with Gasteiger partial charge in [-0.25, -0.2) is 0 Å². The van der Waals surface area contributed by atoms with Crippen molar-refractivity contribution in [3.8, 4) is 0 Å². The van der Waals surface area contributed by atoms with Crippen LogP contribution in [-0.2, 0) is 18.2 Å². The van der Waals surface area contributed by atoms with Gasteiger partial charge < -0.3 is 35.2 Å². The Labute approximate surface area is 158 Å². The number of ether oxygens (including phenoxy) is 1. The minimum Gasteiger partial charge on any atom is -1.00 e. The lowest BCUT2D eigenvalue weighted by Gasteiger charge is -2.01. The maximum absolute atomic E-state index is 8.73. The predicted octanol–water partition coefficient (Wildman–Crippen LogP) is -4.70. The maximum Gasteiger partial charge on any atom is 0.257 e. The van der Waals surface area contributed by atoms with Gasteiger partial charge in [0.25, 0.3) is 13.5 Å². The van der Waals surface area contributed by atoms with E-state index in [0.29, 0.717) is 24.9 Å². The van der Waals surface area contributed by atoms with E-state index in [0.717, 1.165) is 11.1 Å². The fourth-order valence-electron chi connectivity index (χ4n) is 1.94. The number of rotatable bonds is 6. The minimum absolute atomic E-state index is 0. The zero-order chi connectivity index (χ0) is 16.7. The number of nitrogens with zero attached hydrogens (tertiary/aromatic N) is 4. The zero-order valence-corrected chi connectivity index (χ0v) is 15.4. The van der Waals surface area contributed by atoms with Crippen LogP contribution < -0.4 is 33.9 Å². The normalized spacial score (nSPS) is 11.4. The molecule has 2 N–H and O–H groups in total. The summed E-state index contributed by atoms with van der Waals surface area (Å²) in [6, 6.07) is 7.43. The Morgan fingerprint density at radius 2 is 1.12 bits per heavy atom. The number of halogens is 2. The average molecular weight is 387 g/mol. The Hall–Kier alpha value is -2.22. The number of oxime groups is 2. The smallest absolute Gasteiger partial charge is 0.257 e. The summed E-state index contributed by atoms with van der Waals surface area (Å²) in [7, 11) is 0. The van der Waals surface area contributed by atoms with Gasteiger partial charge >= 0.3 is 0 Å². The molecule has 7 nitrogen and oxygen atoms in total. The molecule has 0 aliphatic heterocycles. The standard InChI is InChI=1S/C16H18N4O3.2ClH/c1-13(17-21)15-3-7-19(8-4-15)11-23-12-20-9-5-16(6-10-20)14(2)18-22;;/h3-10H,11-12H2,1-2H3;2*1H. The molecule has 136 valence electrons. The lowest BCUT2D eigenvalue weighted by atomic mass is 10.2. The molecule has 0 atom stereocenters. The van der Waals surface area contributed by atoms with E-state index >= 15 is 0 Å². The van der Waals surface area contributed by atoms with Gasteiger partial charge in [0.15, 0.2) is 24.8 Å². The van der Waals surface area contributed by atoms with Gasteiger partial charge in [-0.3, -0.25) is 4.74 Å². The van der Waals surface area contributed by atoms with Crippen LogP contribution in [0.3, 0.4) is 0 Å². The number of hydrogen-bond donors (Lipinski definition) is 2. The Kier molecular flexibility index (Phi) is 10.3. The summed E-state index contributed by atoms with van der Waals surface area (Å²) in [6.45, 7) is 4.28. The van der Waals surface area contributed by atoms with Crippen LogP contribution in [0.25, 0.3) is 0 Å². The molecule has 0 saturated carbocycles. The molecule has 2 aromatic rings. The van der Waals surface area contributed by atoms with E-state index in [4.69, 9.17) is 15.2 Å². The first-order chi connectivity index (χ1) is 11.1. The van der Waals surface area contributed by atoms with Crippen LogP contribution in [0.1, 0.15) is 25.0 Å². The molecule has 0 spiro atoms. The van der Waals surface area contributed by atoms with Crippen LogP contribution in [0, 0.1) is 0 Å². The van der Waals surface area contributed by atoms with Crippen LogP contribution in [-0.4, -0.2) is 21.8 Å². The van der Waals surface area contributed by atoms with Gasteiger partial charge in [-0.15, -0.1) is 0 Å². The second-order valence-electron chi connectivity index (χ2n) is 5.04. The number of pyridine rings is 2. The summed E-state index contributed by atoms with van der Waals surface area (Å²) < 4.78 is 9.39. The van der Waals surface area contributed by atoms with Crippen molar-refractivity contribution < 1.29 is 49.1 Å². The quantitative estimate of drug-likeness (QED) is 0.226. The van der Waals surface area contributed by atoms with Gasteiger partial charge in [0.1, 0.15) is 0 Å². The third-order valence-electron chi connectivity index (χ3n) is 3.40. The van der Waals surface area contributed by atoms with Gasteiger partial charge in [-0.2, -0.15) is 9.13 Å². The first kappa shape index (κ1) is 22.8. The van der Waals surface area contributed by atoms with Crippen molar-refractivity contribution in [3.63, 3.8) is 0 Å². The van der Waals surface area contributed by atoms with Crippen LogP contribution in [0.2, 0.25) is 0 Å². The van der Waals surface area contributed by atoms with E-state index in [1.807, 2.05) is 58.2 Å². The molecule has 9 heteroatoms. The third-order valence-corrected chi connectivity index (χ3v) is 3.40. The molecule has 0 bridgehead atoms. The van der Waals surface area contributed by atoms with Crippen molar-refractivity contribution >= 4 is 11.4 Å². The molecular weight excluding hydrogens is 367 g/mol. The van der Waals surface area contributed by atoms with Crippen molar-refractivity contribution in [1.82, 2.24) is 0 Å². The molecule has 2 rings (SSSR count). The van der Waals surface area contributed by atoms with Crippen LogP contribution in [0.5, 0.6) is 0 Å². The number of aromatic nitrogens is 2. The van der Waals surface area contributed by atoms with E-state index in [1.165, 1.54) is 0 Å². The van der Waals surface area contributed by atoms with Crippen molar-refractivity contribution in [3.05, 3.63) is 60.2 Å². The highest BCUT2D eigenvalue weighted by Crippen LogP contribution is 1.98. The summed E-state index contributed by atoms with van der Waals surface area (Å²) >= 11 is 0. The molecule has 0 fully saturated rings. The fraction of sp³-hybridized carbons (Fsp3) is 0.250. The van der Waals surface area contributed by atoms with Gasteiger partial charge in [0, 0.05) is 35.4 Å². The van der Waals surface area contributed by atoms with Crippen molar-refractivity contribution in [2.45, 2.75) is 27.3 Å². The zero-order valence-electron chi connectivity index (χ0n) is 13.9. The van der Waals surface area contributed by atoms with E-state index in [-0.39, 0.29) is 24.8 Å². The Morgan fingerprint density at radius 3 is 1.40 bits per heavy atom. The molecule has 0 radical (unpaired) electrons. The highest BCUT2D eigenvalue weighted by Gasteiger charge is 2.07. The Morgan fingerprint density at radius 1 is 0.800 bits per heavy atom. The van der Waals surface area contributed by atoms with Gasteiger partial charge in [0.2, 0.25) is 0 Å². The second kappa shape index (κ2) is 11.4. The summed E-state index contributed by atoms with van der Waals surface area (Å²) in [5.41, 5.74) is 2.84. The van der Waals surface area contributed by atoms with Crippen molar-refractivity contribution in [2.24, 2.45) is 10.3 Å². The van der Waals surface area contributed by atoms with E-state index in [9.17, 15) is 0 Å². The highest BCUT2D eigenvalue weighted by molar-refractivity contribution is 5.98. The Bertz CT molecular complexity index is 643. The molecule has 0 saturated heterocycles. The van der Waals surface area contributed by atoms with Gasteiger partial charge in [-0.05, 0) is 13.8 Å². The van der Waals surface area contributed by atoms with E-state index < -0.39 is 0 Å². The SMILES string of the molecule is C/C(=N/O)c1cc[n+](COC[n+]2ccc(/C(C)=N\O)cc2)cc1.[Cl-].[Cl-]. The highest BCUT2D eigenvalue weighted by atomic mass is 35.5. The summed E-state index contributed by atoms with van der Waals surface area (Å²) in [5, 5.41) is 23.8. The molecule has 0 unspecified atom stereocenters. The van der Waals surface area contributed by atoms with Crippen LogP contribution in [0.15, 0.2) is 59.4 Å². The Balaban J connectivity index is 0.00000288. The fourth-order valence-corrected chi connectivity index (χ4v) is 1.94. The second-order valence-corrected chi connectivity index (χ2v) is 5.04. The van der Waals surface area contributed by atoms with E-state index in [2.05, 4.69) is 10.3 Å². The molecule has 2 aromatic heterocycles. The third kappa shape index (κ3) is 6.66. The van der Waals surface area contributed by atoms with E-state index in [1.54, 1.807) is 13.8 Å². The molecule has 0 aliphatic carbocycles. The van der Waals surface area contributed by atoms with Crippen molar-refractivity contribution in [2.75, 3.05) is 0 Å². The van der Waals surface area contributed by atoms with Crippen LogP contribution >= 0.6 is 0 Å². The lowest BCUT2D eigenvalue weighted by Crippen LogP contribution is -3.00. The van der Waals surface area contributed by atoms with Gasteiger partial charge in [0.05, 0.1) is 11.4 Å². The molecule has 0 amide bonds. The maximum atomic E-state index is 8.73. The molecule has 0 aromatic carbocycles. The summed E-state index contributed by atoms with van der Waals surface area (Å²) in [6.07, 6.45) is 7.44. The summed E-state index contributed by atoms with van der Waals surface area (Å²) in [4.78, 5) is 0. The monoisotopic (exact) mass is 386 g/mol. The molecule has 0 aliphatic rings. The molecular formula is C16H20Cl2N4O3. The largest absolute Gasteiger partial charge is 1.00 e. The first-order valence-electron chi connectivity index (χ1n) is 7.08. The predicted molar refractivity (Wildman–Crippen MR) is 82.4 cm³/mol. The first-order valence-corrected chi connectivity index (χ1v) is 7.08. The molecule has 2 heterocycles. The van der Waals surface area contributed by atoms with Gasteiger partial charge in [-0.1, -0.05) is 10.3 Å². The van der Waals surface area contributed by atoms with Crippen molar-refractivity contribution in [1.29, 1.82) is 0 Å².